The number of halogens is 3. The Morgan fingerprint density at radius 1 is 1.00 bits per heavy atom. The van der Waals surface area contributed by atoms with Gasteiger partial charge in [-0.2, -0.15) is 18.4 Å². The number of amides is 1. The number of hydrogen-bond acceptors (Lipinski definition) is 5. The lowest BCUT2D eigenvalue weighted by Crippen LogP contribution is -2.48. The van der Waals surface area contributed by atoms with E-state index < -0.39 is 18.7 Å². The van der Waals surface area contributed by atoms with Gasteiger partial charge in [0, 0.05) is 45.5 Å². The van der Waals surface area contributed by atoms with Gasteiger partial charge in [-0.1, -0.05) is 36.4 Å². The molecule has 2 aromatic carbocycles. The average Bonchev–Trinajstić information content (AvgIpc) is 3.29. The number of alkyl halides is 3. The van der Waals surface area contributed by atoms with E-state index in [1.165, 1.54) is 6.07 Å². The molecule has 1 aliphatic heterocycles. The summed E-state index contributed by atoms with van der Waals surface area (Å²) in [6.07, 6.45) is -2.31. The van der Waals surface area contributed by atoms with Gasteiger partial charge in [-0.15, -0.1) is 0 Å². The molecule has 1 saturated heterocycles. The zero-order valence-electron chi connectivity index (χ0n) is 19.6. The maximum absolute atomic E-state index is 12.8. The van der Waals surface area contributed by atoms with Crippen LogP contribution in [0.4, 0.5) is 18.0 Å². The maximum atomic E-state index is 12.8. The van der Waals surface area contributed by atoms with Gasteiger partial charge >= 0.3 is 12.3 Å². The van der Waals surface area contributed by atoms with Gasteiger partial charge in [-0.25, -0.2) is 9.78 Å². The maximum Gasteiger partial charge on any atom is 0.410 e. The molecule has 0 radical (unpaired) electrons. The van der Waals surface area contributed by atoms with E-state index in [1.807, 2.05) is 18.3 Å². The normalized spacial score (nSPS) is 14.4. The Bertz CT molecular complexity index is 1210. The Morgan fingerprint density at radius 3 is 2.36 bits per heavy atom. The minimum Gasteiger partial charge on any atom is -0.445 e. The molecule has 0 bridgehead atoms. The molecule has 0 unspecified atom stereocenters. The predicted octanol–water partition coefficient (Wildman–Crippen LogP) is 4.36. The second-order valence-corrected chi connectivity index (χ2v) is 8.70. The van der Waals surface area contributed by atoms with E-state index in [-0.39, 0.29) is 12.2 Å². The molecule has 36 heavy (non-hydrogen) atoms. The Morgan fingerprint density at radius 2 is 1.69 bits per heavy atom. The van der Waals surface area contributed by atoms with Gasteiger partial charge in [0.1, 0.15) is 6.61 Å². The van der Waals surface area contributed by atoms with Crippen LogP contribution in [0.3, 0.4) is 0 Å². The summed E-state index contributed by atoms with van der Waals surface area (Å²) in [5.74, 6) is 0. The molecular formula is C26H26F3N5O2. The molecule has 3 aromatic rings. The van der Waals surface area contributed by atoms with E-state index in [4.69, 9.17) is 10.00 Å². The number of nitriles is 1. The second kappa shape index (κ2) is 11.3. The zero-order valence-corrected chi connectivity index (χ0v) is 19.6. The zero-order chi connectivity index (χ0) is 25.5. The van der Waals surface area contributed by atoms with Crippen LogP contribution in [-0.4, -0.2) is 57.8 Å². The molecule has 1 aliphatic rings. The first-order chi connectivity index (χ1) is 17.3. The third-order valence-electron chi connectivity index (χ3n) is 6.11. The molecule has 0 spiro atoms. The summed E-state index contributed by atoms with van der Waals surface area (Å²) < 4.78 is 45.8. The van der Waals surface area contributed by atoms with Crippen molar-refractivity contribution in [3.63, 3.8) is 0 Å². The Kier molecular flexibility index (Phi) is 7.90. The molecule has 1 fully saturated rings. The topological polar surface area (TPSA) is 74.4 Å². The smallest absolute Gasteiger partial charge is 0.410 e. The third kappa shape index (κ3) is 6.86. The van der Waals surface area contributed by atoms with Crippen molar-refractivity contribution in [3.8, 4) is 6.07 Å². The number of nitrogens with zero attached hydrogens (tertiary/aromatic N) is 5. The van der Waals surface area contributed by atoms with E-state index in [0.29, 0.717) is 50.4 Å². The summed E-state index contributed by atoms with van der Waals surface area (Å²) in [5.41, 5.74) is 3.19. The fourth-order valence-corrected chi connectivity index (χ4v) is 4.14. The van der Waals surface area contributed by atoms with E-state index >= 15 is 0 Å². The van der Waals surface area contributed by atoms with Gasteiger partial charge in [-0.05, 0) is 28.8 Å². The van der Waals surface area contributed by atoms with E-state index in [0.717, 1.165) is 11.3 Å². The van der Waals surface area contributed by atoms with Crippen molar-refractivity contribution in [3.05, 3.63) is 89.0 Å². The van der Waals surface area contributed by atoms with Crippen molar-refractivity contribution >= 4 is 6.09 Å². The number of carbonyl (C=O) groups excluding carboxylic acids is 1. The van der Waals surface area contributed by atoms with Gasteiger partial charge < -0.3 is 14.2 Å². The van der Waals surface area contributed by atoms with Gasteiger partial charge in [-0.3, -0.25) is 4.90 Å². The van der Waals surface area contributed by atoms with E-state index in [9.17, 15) is 18.0 Å². The number of imidazole rings is 1. The van der Waals surface area contributed by atoms with Crippen molar-refractivity contribution < 1.29 is 22.7 Å². The molecule has 0 aliphatic carbocycles. The lowest BCUT2D eigenvalue weighted by molar-refractivity contribution is -0.127. The van der Waals surface area contributed by atoms with Crippen LogP contribution in [0.25, 0.3) is 0 Å². The SMILES string of the molecule is N#Cc1ccc(Cn2cncc2CN2CCN(C(=O)OCc3ccccc3CC(F)(F)F)CC2)cc1. The first kappa shape index (κ1) is 25.3. The highest BCUT2D eigenvalue weighted by Crippen LogP contribution is 2.24. The highest BCUT2D eigenvalue weighted by Gasteiger charge is 2.29. The summed E-state index contributed by atoms with van der Waals surface area (Å²) in [6, 6.07) is 15.7. The molecule has 0 saturated carbocycles. The highest BCUT2D eigenvalue weighted by atomic mass is 19.4. The van der Waals surface area contributed by atoms with Crippen molar-refractivity contribution in [1.82, 2.24) is 19.4 Å². The van der Waals surface area contributed by atoms with Crippen LogP contribution in [0.1, 0.15) is 27.9 Å². The Hall–Kier alpha value is -3.84. The lowest BCUT2D eigenvalue weighted by atomic mass is 10.1. The highest BCUT2D eigenvalue weighted by molar-refractivity contribution is 5.67. The Balaban J connectivity index is 1.26. The molecule has 10 heteroatoms. The molecule has 1 amide bonds. The first-order valence-corrected chi connectivity index (χ1v) is 11.6. The summed E-state index contributed by atoms with van der Waals surface area (Å²) in [5, 5.41) is 8.95. The van der Waals surface area contributed by atoms with Crippen molar-refractivity contribution in [2.24, 2.45) is 0 Å². The van der Waals surface area contributed by atoms with Crippen LogP contribution < -0.4 is 0 Å². The third-order valence-corrected chi connectivity index (χ3v) is 6.11. The predicted molar refractivity (Wildman–Crippen MR) is 126 cm³/mol. The van der Waals surface area contributed by atoms with Crippen LogP contribution in [0.5, 0.6) is 0 Å². The van der Waals surface area contributed by atoms with E-state index in [2.05, 4.69) is 20.5 Å². The lowest BCUT2D eigenvalue weighted by Gasteiger charge is -2.34. The molecule has 4 rings (SSSR count). The fraction of sp³-hybridized carbons (Fsp3) is 0.346. The summed E-state index contributed by atoms with van der Waals surface area (Å²) in [6.45, 7) is 3.33. The molecule has 2 heterocycles. The second-order valence-electron chi connectivity index (χ2n) is 8.70. The average molecular weight is 498 g/mol. The molecule has 0 N–H and O–H groups in total. The minimum absolute atomic E-state index is 0.111. The number of benzene rings is 2. The summed E-state index contributed by atoms with van der Waals surface area (Å²) in [7, 11) is 0. The standard InChI is InChI=1S/C26H26F3N5O2/c27-26(28,29)13-22-3-1-2-4-23(22)18-36-25(35)33-11-9-32(10-12-33)17-24-15-31-19-34(24)16-21-7-5-20(14-30)6-8-21/h1-8,15,19H,9-13,16-18H2. The Labute approximate surface area is 207 Å². The van der Waals surface area contributed by atoms with Crippen LogP contribution >= 0.6 is 0 Å². The number of rotatable bonds is 7. The van der Waals surface area contributed by atoms with Crippen LogP contribution in [0.15, 0.2) is 61.1 Å². The molecular weight excluding hydrogens is 471 g/mol. The molecule has 1 aromatic heterocycles. The van der Waals surface area contributed by atoms with Gasteiger partial charge in [0.2, 0.25) is 0 Å². The van der Waals surface area contributed by atoms with Gasteiger partial charge in [0.05, 0.1) is 30.1 Å². The number of hydrogen-bond donors (Lipinski definition) is 0. The number of ether oxygens (including phenoxy) is 1. The van der Waals surface area contributed by atoms with Gasteiger partial charge in [0.25, 0.3) is 0 Å². The number of aromatic nitrogens is 2. The van der Waals surface area contributed by atoms with Crippen molar-refractivity contribution in [1.29, 1.82) is 5.26 Å². The fourth-order valence-electron chi connectivity index (χ4n) is 4.14. The quantitative estimate of drug-likeness (QED) is 0.485. The molecule has 0 atom stereocenters. The first-order valence-electron chi connectivity index (χ1n) is 11.6. The van der Waals surface area contributed by atoms with Crippen molar-refractivity contribution in [2.75, 3.05) is 26.2 Å². The van der Waals surface area contributed by atoms with Crippen LogP contribution in [-0.2, 0) is 30.9 Å². The molecule has 7 nitrogen and oxygen atoms in total. The number of piperazine rings is 1. The van der Waals surface area contributed by atoms with E-state index in [1.54, 1.807) is 41.6 Å². The van der Waals surface area contributed by atoms with Crippen molar-refractivity contribution in [2.45, 2.75) is 32.3 Å². The van der Waals surface area contributed by atoms with Crippen LogP contribution in [0.2, 0.25) is 0 Å². The minimum atomic E-state index is -4.33. The summed E-state index contributed by atoms with van der Waals surface area (Å²) in [4.78, 5) is 20.6. The summed E-state index contributed by atoms with van der Waals surface area (Å²) >= 11 is 0. The van der Waals surface area contributed by atoms with Crippen LogP contribution in [0, 0.1) is 11.3 Å². The monoisotopic (exact) mass is 497 g/mol. The largest absolute Gasteiger partial charge is 0.445 e. The molecule has 188 valence electrons. The van der Waals surface area contributed by atoms with Gasteiger partial charge in [0.15, 0.2) is 0 Å². The number of carbonyl (C=O) groups is 1.